The molecule has 0 unspecified atom stereocenters. The largest absolute Gasteiger partial charge is 0.466 e. The van der Waals surface area contributed by atoms with Crippen LogP contribution < -0.4 is 0 Å². The van der Waals surface area contributed by atoms with Crippen LogP contribution in [0.25, 0.3) is 22.6 Å². The zero-order valence-corrected chi connectivity index (χ0v) is 15.5. The van der Waals surface area contributed by atoms with E-state index in [4.69, 9.17) is 9.72 Å². The van der Waals surface area contributed by atoms with Crippen LogP contribution in [0.1, 0.15) is 32.9 Å². The van der Waals surface area contributed by atoms with Gasteiger partial charge >= 0.3 is 11.9 Å². The first-order chi connectivity index (χ1) is 13.2. The highest BCUT2D eigenvalue weighted by molar-refractivity contribution is 7.10. The van der Waals surface area contributed by atoms with Gasteiger partial charge in [0.25, 0.3) is 0 Å². The van der Waals surface area contributed by atoms with Gasteiger partial charge in [-0.1, -0.05) is 24.3 Å². The van der Waals surface area contributed by atoms with Gasteiger partial charge in [0.1, 0.15) is 0 Å². The number of carbonyl (C=O) groups excluding carboxylic acids is 2. The molecule has 2 heterocycles. The van der Waals surface area contributed by atoms with Crippen LogP contribution in [0, 0.1) is 0 Å². The van der Waals surface area contributed by atoms with E-state index in [2.05, 4.69) is 16.9 Å². The molecular weight excluding hydrogens is 362 g/mol. The average molecular weight is 379 g/mol. The highest BCUT2D eigenvalue weighted by Crippen LogP contribution is 2.38. The van der Waals surface area contributed by atoms with Crippen LogP contribution in [-0.2, 0) is 20.7 Å². The van der Waals surface area contributed by atoms with Gasteiger partial charge in [-0.2, -0.15) is 0 Å². The third kappa shape index (κ3) is 3.36. The molecule has 0 radical (unpaired) electrons. The zero-order valence-electron chi connectivity index (χ0n) is 14.7. The lowest BCUT2D eigenvalue weighted by atomic mass is 10.0. The van der Waals surface area contributed by atoms with Gasteiger partial charge in [-0.3, -0.25) is 0 Å². The van der Waals surface area contributed by atoms with Crippen LogP contribution in [0.15, 0.2) is 41.8 Å². The topological polar surface area (TPSA) is 65.5 Å². The molecule has 0 saturated heterocycles. The second kappa shape index (κ2) is 7.32. The number of rotatable bonds is 4. The Bertz CT molecular complexity index is 1050. The number of pyridine rings is 1. The highest BCUT2D eigenvalue weighted by atomic mass is 32.1. The van der Waals surface area contributed by atoms with Crippen LogP contribution in [0.4, 0.5) is 0 Å². The third-order valence-corrected chi connectivity index (χ3v) is 5.37. The summed E-state index contributed by atoms with van der Waals surface area (Å²) in [5, 5.41) is 2.77. The molecule has 0 atom stereocenters. The normalized spacial score (nSPS) is 14.3. The van der Waals surface area contributed by atoms with Crippen molar-refractivity contribution in [1.82, 2.24) is 4.98 Å². The second-order valence-electron chi connectivity index (χ2n) is 6.17. The molecule has 1 aliphatic carbocycles. The van der Waals surface area contributed by atoms with Crippen molar-refractivity contribution >= 4 is 45.8 Å². The quantitative estimate of drug-likeness (QED) is 0.638. The maximum atomic E-state index is 12.8. The predicted molar refractivity (Wildman–Crippen MR) is 105 cm³/mol. The number of aromatic nitrogens is 1. The summed E-state index contributed by atoms with van der Waals surface area (Å²) in [6.07, 6.45) is 3.66. The predicted octanol–water partition coefficient (Wildman–Crippen LogP) is 4.11. The maximum Gasteiger partial charge on any atom is 0.344 e. The number of ether oxygens (including phenoxy) is 2. The fourth-order valence-corrected chi connectivity index (χ4v) is 3.99. The summed E-state index contributed by atoms with van der Waals surface area (Å²) in [6, 6.07) is 11.6. The molecule has 4 rings (SSSR count). The summed E-state index contributed by atoms with van der Waals surface area (Å²) in [6.45, 7) is -0.404. The van der Waals surface area contributed by atoms with Gasteiger partial charge in [0.2, 0.25) is 0 Å². The van der Waals surface area contributed by atoms with Crippen molar-refractivity contribution in [2.75, 3.05) is 13.7 Å². The van der Waals surface area contributed by atoms with Crippen LogP contribution >= 0.6 is 11.3 Å². The first-order valence-electron chi connectivity index (χ1n) is 8.57. The Morgan fingerprint density at radius 2 is 2.04 bits per heavy atom. The lowest BCUT2D eigenvalue weighted by molar-refractivity contribution is -0.144. The number of carbonyl (C=O) groups is 2. The smallest absolute Gasteiger partial charge is 0.344 e. The van der Waals surface area contributed by atoms with Gasteiger partial charge in [-0.15, -0.1) is 11.3 Å². The molecule has 0 spiro atoms. The van der Waals surface area contributed by atoms with E-state index in [0.717, 1.165) is 39.0 Å². The van der Waals surface area contributed by atoms with Gasteiger partial charge < -0.3 is 9.47 Å². The van der Waals surface area contributed by atoms with E-state index >= 15 is 0 Å². The summed E-state index contributed by atoms with van der Waals surface area (Å²) in [5.74, 6) is -1.11. The van der Waals surface area contributed by atoms with Gasteiger partial charge in [0.05, 0.1) is 23.9 Å². The zero-order chi connectivity index (χ0) is 18.8. The van der Waals surface area contributed by atoms with E-state index < -0.39 is 18.5 Å². The van der Waals surface area contributed by atoms with Crippen molar-refractivity contribution in [2.45, 2.75) is 12.8 Å². The average Bonchev–Trinajstić information content (AvgIpc) is 3.34. The fourth-order valence-electron chi connectivity index (χ4n) is 3.31. The summed E-state index contributed by atoms with van der Waals surface area (Å²) >= 11 is 1.67. The lowest BCUT2D eigenvalue weighted by Gasteiger charge is -2.12. The van der Waals surface area contributed by atoms with Crippen LogP contribution in [-0.4, -0.2) is 30.6 Å². The molecule has 2 aromatic heterocycles. The lowest BCUT2D eigenvalue weighted by Crippen LogP contribution is -2.17. The Labute approximate surface area is 160 Å². The van der Waals surface area contributed by atoms with Crippen molar-refractivity contribution < 1.29 is 19.1 Å². The number of nitrogens with zero attached hydrogens (tertiary/aromatic N) is 1. The Hall–Kier alpha value is -2.99. The van der Waals surface area contributed by atoms with Gasteiger partial charge in [-0.05, 0) is 47.6 Å². The number of benzene rings is 1. The maximum absolute atomic E-state index is 12.8. The SMILES string of the molecule is COC(=O)COC(=O)c1c2c(nc3ccccc13)C(=Cc1cccs1)CC2. The van der Waals surface area contributed by atoms with E-state index in [9.17, 15) is 9.59 Å². The Kier molecular flexibility index (Phi) is 4.73. The highest BCUT2D eigenvalue weighted by Gasteiger charge is 2.28. The number of esters is 2. The van der Waals surface area contributed by atoms with Crippen molar-refractivity contribution in [3.8, 4) is 0 Å². The molecule has 0 saturated carbocycles. The van der Waals surface area contributed by atoms with Gasteiger partial charge in [-0.25, -0.2) is 14.6 Å². The fraction of sp³-hybridized carbons (Fsp3) is 0.190. The Balaban J connectivity index is 1.81. The van der Waals surface area contributed by atoms with Gasteiger partial charge in [0, 0.05) is 10.3 Å². The minimum absolute atomic E-state index is 0.404. The molecular formula is C21H17NO4S. The standard InChI is InChI=1S/C21H17NO4S/c1-25-18(23)12-26-21(24)19-15-6-2-3-7-17(15)22-20-13(8-9-16(19)20)11-14-5-4-10-27-14/h2-7,10-11H,8-9,12H2,1H3. The van der Waals surface area contributed by atoms with E-state index in [1.807, 2.05) is 35.7 Å². The summed E-state index contributed by atoms with van der Waals surface area (Å²) in [7, 11) is 1.26. The summed E-state index contributed by atoms with van der Waals surface area (Å²) in [5.41, 5.74) is 4.06. The Morgan fingerprint density at radius 3 is 2.81 bits per heavy atom. The first-order valence-corrected chi connectivity index (χ1v) is 9.45. The first kappa shape index (κ1) is 17.4. The number of methoxy groups -OCH3 is 1. The second-order valence-corrected chi connectivity index (χ2v) is 7.15. The number of para-hydroxylation sites is 1. The Morgan fingerprint density at radius 1 is 1.19 bits per heavy atom. The van der Waals surface area contributed by atoms with E-state index in [1.54, 1.807) is 11.3 Å². The molecule has 0 amide bonds. The van der Waals surface area contributed by atoms with E-state index in [1.165, 1.54) is 7.11 Å². The summed E-state index contributed by atoms with van der Waals surface area (Å²) < 4.78 is 9.75. The van der Waals surface area contributed by atoms with Crippen LogP contribution in [0.2, 0.25) is 0 Å². The van der Waals surface area contributed by atoms with E-state index in [0.29, 0.717) is 12.0 Å². The molecule has 1 aromatic carbocycles. The third-order valence-electron chi connectivity index (χ3n) is 4.55. The molecule has 0 bridgehead atoms. The molecule has 3 aromatic rings. The van der Waals surface area contributed by atoms with Crippen molar-refractivity contribution in [2.24, 2.45) is 0 Å². The molecule has 0 N–H and O–H groups in total. The van der Waals surface area contributed by atoms with Crippen molar-refractivity contribution in [1.29, 1.82) is 0 Å². The summed E-state index contributed by atoms with van der Waals surface area (Å²) in [4.78, 5) is 30.1. The van der Waals surface area contributed by atoms with Crippen molar-refractivity contribution in [3.05, 3.63) is 63.5 Å². The molecule has 0 fully saturated rings. The molecule has 0 aliphatic heterocycles. The molecule has 5 nitrogen and oxygen atoms in total. The van der Waals surface area contributed by atoms with Crippen LogP contribution in [0.3, 0.4) is 0 Å². The van der Waals surface area contributed by atoms with Crippen LogP contribution in [0.5, 0.6) is 0 Å². The number of hydrogen-bond acceptors (Lipinski definition) is 6. The van der Waals surface area contributed by atoms with Crippen molar-refractivity contribution in [3.63, 3.8) is 0 Å². The molecule has 136 valence electrons. The number of allylic oxidation sites excluding steroid dienone is 1. The monoisotopic (exact) mass is 379 g/mol. The number of fused-ring (bicyclic) bond motifs is 2. The molecule has 6 heteroatoms. The minimum atomic E-state index is -0.586. The van der Waals surface area contributed by atoms with E-state index in [-0.39, 0.29) is 0 Å². The number of thiophene rings is 1. The van der Waals surface area contributed by atoms with Gasteiger partial charge in [0.15, 0.2) is 6.61 Å². The minimum Gasteiger partial charge on any atom is -0.466 e. The number of hydrogen-bond donors (Lipinski definition) is 0. The molecule has 1 aliphatic rings. The molecule has 27 heavy (non-hydrogen) atoms.